The van der Waals surface area contributed by atoms with Gasteiger partial charge in [-0.05, 0) is 81.4 Å². The van der Waals surface area contributed by atoms with Gasteiger partial charge in [0.25, 0.3) is 0 Å². The lowest BCUT2D eigenvalue weighted by atomic mass is 9.93. The number of benzene rings is 3. The van der Waals surface area contributed by atoms with E-state index in [1.807, 2.05) is 13.8 Å². The molecule has 0 aromatic heterocycles. The van der Waals surface area contributed by atoms with Crippen LogP contribution in [0.2, 0.25) is 0 Å². The van der Waals surface area contributed by atoms with Gasteiger partial charge in [-0.3, -0.25) is 57.5 Å². The van der Waals surface area contributed by atoms with E-state index in [9.17, 15) is 43.5 Å². The maximum atomic E-state index is 15.5. The van der Waals surface area contributed by atoms with Gasteiger partial charge in [0.1, 0.15) is 48.3 Å². The lowest BCUT2D eigenvalue weighted by molar-refractivity contribution is -0.150. The molecule has 5 rings (SSSR count). The second kappa shape index (κ2) is 34.9. The van der Waals surface area contributed by atoms with Gasteiger partial charge in [0.15, 0.2) is 5.78 Å². The summed E-state index contributed by atoms with van der Waals surface area (Å²) in [5.41, 5.74) is 1.88. The van der Waals surface area contributed by atoms with E-state index >= 15 is 19.2 Å². The zero-order chi connectivity index (χ0) is 69.1. The number of nitrogens with zero attached hydrogens (tertiary/aromatic N) is 7. The monoisotopic (exact) mass is 1290 g/mol. The standard InChI is InChI=1S/C69H99N11O13/c1-42(2)35-54-64(88)70-51(37-48-27-19-15-20-28-48)63(87)71-52(66(90)78(13)53(38-49-29-21-16-22-30-49)56(82)36-44(5)65(89)80-33-25-18-26-34-80)40-57(83)75(10)45(6)61(85)73-60(47(8)81)69(93)76(11)46(7)62(86)72-59(43(3)4)68(92)74(9)41-58(84)77(12)55(67(91)79(54)14)39-50-31-23-17-24-32-50/h15-17,19-24,27-32,42-47,51-55,59-60,81H,18,25-26,33-41H2,1-14H3,(H,70,88)(H,71,87)(H,72,86)(H,73,85)/t44-,45+,46+,47-,51+,52+,53+,54+,55+,59+,60+/m1/s1. The lowest BCUT2D eigenvalue weighted by Crippen LogP contribution is -2.61. The van der Waals surface area contributed by atoms with Crippen LogP contribution in [-0.4, -0.2) is 233 Å². The van der Waals surface area contributed by atoms with Gasteiger partial charge in [0.2, 0.25) is 65.0 Å². The Kier molecular flexibility index (Phi) is 28.2. The maximum Gasteiger partial charge on any atom is 0.248 e. The van der Waals surface area contributed by atoms with Gasteiger partial charge in [-0.25, -0.2) is 0 Å². The third-order valence-electron chi connectivity index (χ3n) is 17.9. The van der Waals surface area contributed by atoms with Crippen molar-refractivity contribution in [1.82, 2.24) is 55.6 Å². The number of piperidine rings is 1. The predicted molar refractivity (Wildman–Crippen MR) is 350 cm³/mol. The van der Waals surface area contributed by atoms with E-state index in [1.54, 1.807) is 117 Å². The first-order chi connectivity index (χ1) is 43.8. The van der Waals surface area contributed by atoms with E-state index < -0.39 is 150 Å². The number of amides is 11. The summed E-state index contributed by atoms with van der Waals surface area (Å²) in [5.74, 6) is -10.4. The van der Waals surface area contributed by atoms with E-state index in [4.69, 9.17) is 0 Å². The number of ketones is 1. The fourth-order valence-corrected chi connectivity index (χ4v) is 11.5. The summed E-state index contributed by atoms with van der Waals surface area (Å²) in [6.07, 6.45) is -0.192. The summed E-state index contributed by atoms with van der Waals surface area (Å²) >= 11 is 0. The fraction of sp³-hybridized carbons (Fsp3) is 0.565. The van der Waals surface area contributed by atoms with Crippen LogP contribution in [0.1, 0.15) is 111 Å². The first-order valence-electron chi connectivity index (χ1n) is 32.2. The molecule has 0 unspecified atom stereocenters. The van der Waals surface area contributed by atoms with Crippen molar-refractivity contribution in [2.24, 2.45) is 17.8 Å². The molecule has 24 nitrogen and oxygen atoms in total. The quantitative estimate of drug-likeness (QED) is 0.138. The molecule has 0 aliphatic carbocycles. The van der Waals surface area contributed by atoms with Gasteiger partial charge >= 0.3 is 0 Å². The summed E-state index contributed by atoms with van der Waals surface area (Å²) in [7, 11) is 8.07. The van der Waals surface area contributed by atoms with Gasteiger partial charge < -0.3 is 60.7 Å². The average Bonchev–Trinajstić information content (AvgIpc) is 0.958. The molecule has 93 heavy (non-hydrogen) atoms. The summed E-state index contributed by atoms with van der Waals surface area (Å²) in [4.78, 5) is 184. The summed E-state index contributed by atoms with van der Waals surface area (Å²) in [6.45, 7) is 13.2. The number of aliphatic hydroxyl groups is 1. The van der Waals surface area contributed by atoms with Crippen LogP contribution in [0, 0.1) is 17.8 Å². The third-order valence-corrected chi connectivity index (χ3v) is 17.9. The molecule has 0 spiro atoms. The third kappa shape index (κ3) is 20.7. The molecule has 3 aromatic carbocycles. The van der Waals surface area contributed by atoms with Gasteiger partial charge in [0, 0.05) is 80.6 Å². The number of rotatable bonds is 16. The van der Waals surface area contributed by atoms with Gasteiger partial charge in [-0.15, -0.1) is 0 Å². The SMILES string of the molecule is CC(C)C[C@H]1C(=O)N[C@@H](Cc2ccccc2)C(=O)N[C@H](C(=O)N(C)[C@@H](Cc2ccccc2)C(=O)C[C@@H](C)C(=O)N2CCCCC2)CC(=O)N(C)[C@@H](C)C(=O)N[C@@H]([C@@H](C)O)C(=O)N(C)[C@@H](C)C(=O)N[C@@H](C(C)C)C(=O)N(C)CC(=O)N(C)[C@@H](Cc2ccccc2)C(=O)N1C. The number of Topliss-reactive ketones (excluding diaryl/α,β-unsaturated/α-hetero) is 1. The van der Waals surface area contributed by atoms with Crippen molar-refractivity contribution in [2.75, 3.05) is 61.9 Å². The van der Waals surface area contributed by atoms with Crippen LogP contribution >= 0.6 is 0 Å². The minimum Gasteiger partial charge on any atom is -0.391 e. The summed E-state index contributed by atoms with van der Waals surface area (Å²) in [6, 6.07) is 13.6. The van der Waals surface area contributed by atoms with Crippen molar-refractivity contribution in [1.29, 1.82) is 0 Å². The maximum absolute atomic E-state index is 15.5. The minimum atomic E-state index is -1.81. The molecule has 24 heteroatoms. The predicted octanol–water partition coefficient (Wildman–Crippen LogP) is 2.38. The van der Waals surface area contributed by atoms with Crippen molar-refractivity contribution in [3.05, 3.63) is 108 Å². The van der Waals surface area contributed by atoms with Crippen LogP contribution in [0.25, 0.3) is 0 Å². The van der Waals surface area contributed by atoms with Crippen molar-refractivity contribution >= 4 is 70.8 Å². The zero-order valence-corrected chi connectivity index (χ0v) is 56.6. The number of nitrogens with one attached hydrogen (secondary N) is 4. The van der Waals surface area contributed by atoms with Gasteiger partial charge in [-0.1, -0.05) is 126 Å². The Hall–Kier alpha value is -8.54. The number of aliphatic hydroxyl groups excluding tert-OH is 1. The number of hydrogen-bond acceptors (Lipinski definition) is 13. The number of likely N-dealkylation sites (tertiary alicyclic amines) is 1. The van der Waals surface area contributed by atoms with E-state index in [2.05, 4.69) is 21.3 Å². The lowest BCUT2D eigenvalue weighted by Gasteiger charge is -2.36. The zero-order valence-electron chi connectivity index (χ0n) is 56.6. The Morgan fingerprint density at radius 1 is 0.559 bits per heavy atom. The first kappa shape index (κ1) is 75.2. The number of carbonyl (C=O) groups is 12. The van der Waals surface area contributed by atoms with E-state index in [-0.39, 0.29) is 43.9 Å². The Labute approximate surface area is 547 Å². The molecule has 2 saturated heterocycles. The second-order valence-corrected chi connectivity index (χ2v) is 25.9. The molecule has 0 saturated carbocycles. The molecule has 2 heterocycles. The van der Waals surface area contributed by atoms with E-state index in [1.165, 1.54) is 72.9 Å². The molecule has 508 valence electrons. The highest BCUT2D eigenvalue weighted by atomic mass is 16.3. The number of hydrogen-bond donors (Lipinski definition) is 5. The highest BCUT2D eigenvalue weighted by Crippen LogP contribution is 2.23. The van der Waals surface area contributed by atoms with Crippen molar-refractivity contribution in [2.45, 2.75) is 174 Å². The molecule has 3 aromatic rings. The van der Waals surface area contributed by atoms with Crippen LogP contribution in [0.4, 0.5) is 0 Å². The van der Waals surface area contributed by atoms with E-state index in [0.29, 0.717) is 29.8 Å². The topological polar surface area (TPSA) is 296 Å². The number of carbonyl (C=O) groups excluding carboxylic acids is 12. The van der Waals surface area contributed by atoms with Gasteiger partial charge in [-0.2, -0.15) is 0 Å². The first-order valence-corrected chi connectivity index (χ1v) is 32.2. The number of likely N-dealkylation sites (N-methyl/N-ethyl adjacent to an activating group) is 6. The van der Waals surface area contributed by atoms with Crippen LogP contribution in [0.5, 0.6) is 0 Å². The van der Waals surface area contributed by atoms with Crippen LogP contribution < -0.4 is 21.3 Å². The molecule has 2 aliphatic heterocycles. The summed E-state index contributed by atoms with van der Waals surface area (Å²) in [5, 5.41) is 21.8. The van der Waals surface area contributed by atoms with Gasteiger partial charge in [0.05, 0.1) is 25.1 Å². The largest absolute Gasteiger partial charge is 0.391 e. The molecule has 11 amide bonds. The molecule has 11 atom stereocenters. The normalized spacial score (nSPS) is 23.9. The van der Waals surface area contributed by atoms with Crippen LogP contribution in [0.15, 0.2) is 91.0 Å². The summed E-state index contributed by atoms with van der Waals surface area (Å²) < 4.78 is 0. The Morgan fingerprint density at radius 3 is 1.60 bits per heavy atom. The molecule has 0 radical (unpaired) electrons. The molecular weight excluding hydrogens is 1190 g/mol. The molecule has 2 aliphatic rings. The highest BCUT2D eigenvalue weighted by molar-refractivity contribution is 6.00. The van der Waals surface area contributed by atoms with E-state index in [0.717, 1.165) is 38.9 Å². The minimum absolute atomic E-state index is 0.0262. The van der Waals surface area contributed by atoms with Crippen molar-refractivity contribution in [3.63, 3.8) is 0 Å². The fourth-order valence-electron chi connectivity index (χ4n) is 11.5. The van der Waals surface area contributed by atoms with Crippen LogP contribution in [0.3, 0.4) is 0 Å². The highest BCUT2D eigenvalue weighted by Gasteiger charge is 2.42. The Morgan fingerprint density at radius 2 is 1.08 bits per heavy atom. The molecule has 0 bridgehead atoms. The van der Waals surface area contributed by atoms with Crippen LogP contribution in [-0.2, 0) is 76.8 Å². The second-order valence-electron chi connectivity index (χ2n) is 25.9. The van der Waals surface area contributed by atoms with Crippen molar-refractivity contribution in [3.8, 4) is 0 Å². The Bertz CT molecular complexity index is 3090. The molecular formula is C69H99N11O13. The van der Waals surface area contributed by atoms with Crippen molar-refractivity contribution < 1.29 is 62.6 Å². The Balaban J connectivity index is 1.66. The average molecular weight is 1290 g/mol. The smallest absolute Gasteiger partial charge is 0.248 e. The molecule has 5 N–H and O–H groups in total. The molecule has 2 fully saturated rings.